The number of hydrogen-bond acceptors (Lipinski definition) is 0. The fourth-order valence-electron chi connectivity index (χ4n) is 1.92. The minimum absolute atomic E-state index is 0.478. The normalized spacial score (nSPS) is 34.3. The number of rotatable bonds is 1. The van der Waals surface area contributed by atoms with Crippen molar-refractivity contribution < 1.29 is 0 Å². The molecule has 1 unspecified atom stereocenters. The summed E-state index contributed by atoms with van der Waals surface area (Å²) in [7, 11) is 0. The lowest BCUT2D eigenvalue weighted by Gasteiger charge is -2.53. The van der Waals surface area contributed by atoms with E-state index in [9.17, 15) is 0 Å². The third-order valence-corrected chi connectivity index (χ3v) is 3.42. The first-order chi connectivity index (χ1) is 4.87. The van der Waals surface area contributed by atoms with Crippen molar-refractivity contribution in [1.29, 1.82) is 0 Å². The van der Waals surface area contributed by atoms with Crippen LogP contribution in [-0.2, 0) is 0 Å². The topological polar surface area (TPSA) is 0 Å². The van der Waals surface area contributed by atoms with Crippen LogP contribution in [0.4, 0.5) is 0 Å². The molecule has 0 spiro atoms. The second-order valence-electron chi connectivity index (χ2n) is 5.02. The fourth-order valence-corrected chi connectivity index (χ4v) is 1.92. The van der Waals surface area contributed by atoms with Crippen molar-refractivity contribution >= 4 is 0 Å². The summed E-state index contributed by atoms with van der Waals surface area (Å²) in [5.41, 5.74) is 2.47. The van der Waals surface area contributed by atoms with Gasteiger partial charge < -0.3 is 0 Å². The van der Waals surface area contributed by atoms with Gasteiger partial charge in [0, 0.05) is 0 Å². The average molecular weight is 152 g/mol. The summed E-state index contributed by atoms with van der Waals surface area (Å²) in [6, 6.07) is 0. The summed E-state index contributed by atoms with van der Waals surface area (Å²) in [5.74, 6) is 0. The Balaban J connectivity index is 2.78. The molecule has 0 radical (unpaired) electrons. The number of hydrogen-bond donors (Lipinski definition) is 0. The van der Waals surface area contributed by atoms with Crippen LogP contribution in [0.3, 0.4) is 0 Å². The number of allylic oxidation sites excluding steroid dienone is 2. The first kappa shape index (κ1) is 8.83. The maximum atomic E-state index is 2.44. The van der Waals surface area contributed by atoms with Crippen molar-refractivity contribution in [3.63, 3.8) is 0 Å². The van der Waals surface area contributed by atoms with E-state index in [0.717, 1.165) is 0 Å². The molecule has 11 heavy (non-hydrogen) atoms. The highest BCUT2D eigenvalue weighted by Gasteiger charge is 2.47. The van der Waals surface area contributed by atoms with E-state index < -0.39 is 0 Å². The molecule has 0 amide bonds. The molecule has 0 heterocycles. The van der Waals surface area contributed by atoms with Crippen molar-refractivity contribution in [2.45, 2.75) is 47.5 Å². The summed E-state index contributed by atoms with van der Waals surface area (Å²) >= 11 is 0. The Labute approximate surface area is 70.7 Å². The van der Waals surface area contributed by atoms with E-state index in [1.54, 1.807) is 0 Å². The third-order valence-electron chi connectivity index (χ3n) is 3.42. The SMILES string of the molecule is CC(C)=CC1(C)CCC1(C)C. The van der Waals surface area contributed by atoms with Gasteiger partial charge in [0.25, 0.3) is 0 Å². The van der Waals surface area contributed by atoms with Crippen LogP contribution in [0.15, 0.2) is 11.6 Å². The van der Waals surface area contributed by atoms with E-state index in [-0.39, 0.29) is 0 Å². The van der Waals surface area contributed by atoms with Gasteiger partial charge in [-0.1, -0.05) is 32.4 Å². The highest BCUT2D eigenvalue weighted by atomic mass is 14.5. The van der Waals surface area contributed by atoms with Crippen LogP contribution in [-0.4, -0.2) is 0 Å². The molecule has 0 heteroatoms. The van der Waals surface area contributed by atoms with Gasteiger partial charge in [-0.25, -0.2) is 0 Å². The van der Waals surface area contributed by atoms with E-state index in [1.807, 2.05) is 0 Å². The Morgan fingerprint density at radius 2 is 1.64 bits per heavy atom. The van der Waals surface area contributed by atoms with Crippen LogP contribution in [0.2, 0.25) is 0 Å². The maximum Gasteiger partial charge on any atom is -0.00927 e. The van der Waals surface area contributed by atoms with E-state index in [0.29, 0.717) is 10.8 Å². The lowest BCUT2D eigenvalue weighted by Crippen LogP contribution is -2.43. The van der Waals surface area contributed by atoms with Gasteiger partial charge in [-0.3, -0.25) is 0 Å². The Morgan fingerprint density at radius 3 is 1.73 bits per heavy atom. The van der Waals surface area contributed by atoms with E-state index >= 15 is 0 Å². The molecular weight excluding hydrogens is 132 g/mol. The largest absolute Gasteiger partial charge is 0.0799 e. The molecule has 0 aliphatic heterocycles. The second kappa shape index (κ2) is 2.36. The predicted octanol–water partition coefficient (Wildman–Crippen LogP) is 3.78. The van der Waals surface area contributed by atoms with Crippen LogP contribution in [0.1, 0.15) is 47.5 Å². The van der Waals surface area contributed by atoms with Crippen molar-refractivity contribution in [2.24, 2.45) is 10.8 Å². The smallest absolute Gasteiger partial charge is 0.00927 e. The molecule has 0 saturated heterocycles. The van der Waals surface area contributed by atoms with Crippen LogP contribution in [0.5, 0.6) is 0 Å². The first-order valence-electron chi connectivity index (χ1n) is 4.53. The van der Waals surface area contributed by atoms with Crippen LogP contribution >= 0.6 is 0 Å². The lowest BCUT2D eigenvalue weighted by atomic mass is 9.52. The molecular formula is C11H20. The van der Waals surface area contributed by atoms with Crippen molar-refractivity contribution in [3.8, 4) is 0 Å². The van der Waals surface area contributed by atoms with Gasteiger partial charge in [0.15, 0.2) is 0 Å². The summed E-state index contributed by atoms with van der Waals surface area (Å²) in [6.07, 6.45) is 5.19. The molecule has 1 aliphatic carbocycles. The van der Waals surface area contributed by atoms with E-state index in [1.165, 1.54) is 18.4 Å². The van der Waals surface area contributed by atoms with Gasteiger partial charge in [-0.15, -0.1) is 0 Å². The molecule has 0 aromatic heterocycles. The molecule has 1 fully saturated rings. The van der Waals surface area contributed by atoms with Gasteiger partial charge in [-0.05, 0) is 37.5 Å². The maximum absolute atomic E-state index is 2.44. The zero-order valence-electron chi connectivity index (χ0n) is 8.49. The van der Waals surface area contributed by atoms with Crippen molar-refractivity contribution in [1.82, 2.24) is 0 Å². The minimum atomic E-state index is 0.478. The second-order valence-corrected chi connectivity index (χ2v) is 5.02. The van der Waals surface area contributed by atoms with E-state index in [4.69, 9.17) is 0 Å². The molecule has 1 aliphatic rings. The van der Waals surface area contributed by atoms with Gasteiger partial charge in [0.2, 0.25) is 0 Å². The minimum Gasteiger partial charge on any atom is -0.0799 e. The van der Waals surface area contributed by atoms with Crippen LogP contribution in [0.25, 0.3) is 0 Å². The summed E-state index contributed by atoms with van der Waals surface area (Å²) in [4.78, 5) is 0. The van der Waals surface area contributed by atoms with Gasteiger partial charge in [0.05, 0.1) is 0 Å². The summed E-state index contributed by atoms with van der Waals surface area (Å²) in [5, 5.41) is 0. The van der Waals surface area contributed by atoms with Crippen molar-refractivity contribution in [2.75, 3.05) is 0 Å². The molecule has 0 aromatic rings. The van der Waals surface area contributed by atoms with E-state index in [2.05, 4.69) is 40.7 Å². The van der Waals surface area contributed by atoms with Crippen molar-refractivity contribution in [3.05, 3.63) is 11.6 Å². The highest BCUT2D eigenvalue weighted by Crippen LogP contribution is 2.57. The summed E-state index contributed by atoms with van der Waals surface area (Å²) in [6.45, 7) is 11.5. The molecule has 0 nitrogen and oxygen atoms in total. The van der Waals surface area contributed by atoms with Crippen LogP contribution < -0.4 is 0 Å². The van der Waals surface area contributed by atoms with Gasteiger partial charge in [-0.2, -0.15) is 0 Å². The van der Waals surface area contributed by atoms with Gasteiger partial charge in [0.1, 0.15) is 0 Å². The lowest BCUT2D eigenvalue weighted by molar-refractivity contribution is 0.0114. The Kier molecular flexibility index (Phi) is 1.90. The molecule has 1 atom stereocenters. The third kappa shape index (κ3) is 1.36. The van der Waals surface area contributed by atoms with Gasteiger partial charge >= 0.3 is 0 Å². The predicted molar refractivity (Wildman–Crippen MR) is 50.6 cm³/mol. The standard InChI is InChI=1S/C11H20/c1-9(2)8-11(5)7-6-10(11,3)4/h8H,6-7H2,1-5H3. The molecule has 0 N–H and O–H groups in total. The Morgan fingerprint density at radius 1 is 1.09 bits per heavy atom. The first-order valence-corrected chi connectivity index (χ1v) is 4.53. The zero-order chi connectivity index (χ0) is 8.70. The molecule has 1 rings (SSSR count). The summed E-state index contributed by atoms with van der Waals surface area (Å²) < 4.78 is 0. The van der Waals surface area contributed by atoms with Crippen LogP contribution in [0, 0.1) is 10.8 Å². The highest BCUT2D eigenvalue weighted by molar-refractivity contribution is 5.14. The molecule has 0 bridgehead atoms. The average Bonchev–Trinajstić information content (AvgIpc) is 1.84. The Bertz CT molecular complexity index is 182. The Hall–Kier alpha value is -0.260. The monoisotopic (exact) mass is 152 g/mol. The molecule has 0 aromatic carbocycles. The fraction of sp³-hybridized carbons (Fsp3) is 0.818. The molecule has 1 saturated carbocycles. The zero-order valence-corrected chi connectivity index (χ0v) is 8.49. The quantitative estimate of drug-likeness (QED) is 0.502. The molecule has 64 valence electrons.